The molecule has 0 saturated carbocycles. The first-order valence-corrected chi connectivity index (χ1v) is 4.45. The van der Waals surface area contributed by atoms with E-state index >= 15 is 0 Å². The number of aromatic nitrogens is 1. The van der Waals surface area contributed by atoms with Crippen LogP contribution in [0.15, 0.2) is 24.5 Å². The number of rotatable bonds is 1. The van der Waals surface area contributed by atoms with Crippen LogP contribution in [-0.4, -0.2) is 30.0 Å². The van der Waals surface area contributed by atoms with Crippen LogP contribution in [-0.2, 0) is 0 Å². The van der Waals surface area contributed by atoms with Crippen molar-refractivity contribution in [3.05, 3.63) is 30.1 Å². The quantitative estimate of drug-likeness (QED) is 0.622. The summed E-state index contributed by atoms with van der Waals surface area (Å²) in [5, 5.41) is 0. The van der Waals surface area contributed by atoms with Crippen LogP contribution in [0.5, 0.6) is 0 Å². The molecule has 0 bridgehead atoms. The molecule has 1 aromatic rings. The third-order valence-electron chi connectivity index (χ3n) is 2.55. The fourth-order valence-corrected chi connectivity index (χ4v) is 1.82. The van der Waals surface area contributed by atoms with Gasteiger partial charge in [-0.2, -0.15) is 0 Å². The third-order valence-corrected chi connectivity index (χ3v) is 2.55. The molecule has 12 heavy (non-hydrogen) atoms. The lowest BCUT2D eigenvalue weighted by molar-refractivity contribution is 0.411. The van der Waals surface area contributed by atoms with Gasteiger partial charge in [0.2, 0.25) is 0 Å². The molecule has 1 aliphatic heterocycles. The first-order chi connectivity index (χ1) is 5.86. The van der Waals surface area contributed by atoms with Gasteiger partial charge >= 0.3 is 0 Å². The fraction of sp³-hybridized carbons (Fsp3) is 0.500. The lowest BCUT2D eigenvalue weighted by Crippen LogP contribution is -2.13. The minimum atomic E-state index is 0.712. The maximum Gasteiger partial charge on any atom is 0.0303 e. The number of pyridine rings is 1. The molecule has 2 heterocycles. The molecule has 0 radical (unpaired) electrons. The van der Waals surface area contributed by atoms with E-state index in [9.17, 15) is 0 Å². The molecule has 0 spiro atoms. The maximum atomic E-state index is 4.14. The summed E-state index contributed by atoms with van der Waals surface area (Å²) in [5.41, 5.74) is 1.39. The van der Waals surface area contributed by atoms with E-state index in [-0.39, 0.29) is 0 Å². The summed E-state index contributed by atoms with van der Waals surface area (Å²) >= 11 is 0. The molecular formula is C10H14N2. The maximum absolute atomic E-state index is 4.14. The first kappa shape index (κ1) is 7.74. The molecule has 0 amide bonds. The SMILES string of the molecule is CN1CCC(c2cccnc2)C1. The van der Waals surface area contributed by atoms with Crippen molar-refractivity contribution >= 4 is 0 Å². The number of likely N-dealkylation sites (tertiary alicyclic amines) is 1. The van der Waals surface area contributed by atoms with Gasteiger partial charge in [-0.05, 0) is 37.6 Å². The van der Waals surface area contributed by atoms with Crippen molar-refractivity contribution in [2.75, 3.05) is 20.1 Å². The fourth-order valence-electron chi connectivity index (χ4n) is 1.82. The summed E-state index contributed by atoms with van der Waals surface area (Å²) in [7, 11) is 2.18. The van der Waals surface area contributed by atoms with Crippen molar-refractivity contribution in [1.29, 1.82) is 0 Å². The van der Waals surface area contributed by atoms with Gasteiger partial charge in [-0.3, -0.25) is 4.98 Å². The van der Waals surface area contributed by atoms with Crippen LogP contribution < -0.4 is 0 Å². The normalized spacial score (nSPS) is 24.6. The molecule has 2 heteroatoms. The number of hydrogen-bond acceptors (Lipinski definition) is 2. The third kappa shape index (κ3) is 1.48. The average molecular weight is 162 g/mol. The Morgan fingerprint density at radius 1 is 1.58 bits per heavy atom. The highest BCUT2D eigenvalue weighted by Gasteiger charge is 2.20. The zero-order valence-corrected chi connectivity index (χ0v) is 7.40. The lowest BCUT2D eigenvalue weighted by atomic mass is 10.0. The summed E-state index contributed by atoms with van der Waals surface area (Å²) in [5.74, 6) is 0.712. The molecule has 2 nitrogen and oxygen atoms in total. The van der Waals surface area contributed by atoms with Crippen LogP contribution in [0, 0.1) is 0 Å². The van der Waals surface area contributed by atoms with E-state index in [2.05, 4.69) is 23.0 Å². The molecule has 0 aliphatic carbocycles. The molecule has 1 fully saturated rings. The Morgan fingerprint density at radius 2 is 2.50 bits per heavy atom. The number of likely N-dealkylation sites (N-methyl/N-ethyl adjacent to an activating group) is 1. The van der Waals surface area contributed by atoms with Crippen LogP contribution >= 0.6 is 0 Å². The second-order valence-corrected chi connectivity index (χ2v) is 3.53. The van der Waals surface area contributed by atoms with Gasteiger partial charge in [-0.25, -0.2) is 0 Å². The van der Waals surface area contributed by atoms with Crippen molar-refractivity contribution in [2.24, 2.45) is 0 Å². The van der Waals surface area contributed by atoms with E-state index in [1.165, 1.54) is 25.1 Å². The van der Waals surface area contributed by atoms with E-state index in [0.29, 0.717) is 5.92 Å². The smallest absolute Gasteiger partial charge is 0.0303 e. The average Bonchev–Trinajstić information content (AvgIpc) is 2.54. The molecule has 0 N–H and O–H groups in total. The van der Waals surface area contributed by atoms with Gasteiger partial charge in [0.25, 0.3) is 0 Å². The molecule has 1 aromatic heterocycles. The van der Waals surface area contributed by atoms with Crippen molar-refractivity contribution in [3.8, 4) is 0 Å². The van der Waals surface area contributed by atoms with Gasteiger partial charge in [0.05, 0.1) is 0 Å². The van der Waals surface area contributed by atoms with Crippen LogP contribution in [0.1, 0.15) is 17.9 Å². The highest BCUT2D eigenvalue weighted by Crippen LogP contribution is 2.24. The van der Waals surface area contributed by atoms with Crippen LogP contribution in [0.25, 0.3) is 0 Å². The Kier molecular flexibility index (Phi) is 2.09. The molecular weight excluding hydrogens is 148 g/mol. The summed E-state index contributed by atoms with van der Waals surface area (Å²) in [6, 6.07) is 4.20. The first-order valence-electron chi connectivity index (χ1n) is 4.45. The van der Waals surface area contributed by atoms with Crippen molar-refractivity contribution in [1.82, 2.24) is 9.88 Å². The Hall–Kier alpha value is -0.890. The molecule has 0 aromatic carbocycles. The summed E-state index contributed by atoms with van der Waals surface area (Å²) in [4.78, 5) is 6.51. The van der Waals surface area contributed by atoms with Crippen molar-refractivity contribution in [3.63, 3.8) is 0 Å². The highest BCUT2D eigenvalue weighted by molar-refractivity contribution is 5.16. The Bertz CT molecular complexity index is 245. The summed E-state index contributed by atoms with van der Waals surface area (Å²) < 4.78 is 0. The van der Waals surface area contributed by atoms with Crippen LogP contribution in [0.4, 0.5) is 0 Å². The zero-order valence-electron chi connectivity index (χ0n) is 7.40. The Morgan fingerprint density at radius 3 is 3.08 bits per heavy atom. The molecule has 1 atom stereocenters. The Balaban J connectivity index is 2.11. The predicted octanol–water partition coefficient (Wildman–Crippen LogP) is 1.50. The van der Waals surface area contributed by atoms with E-state index in [1.807, 2.05) is 18.5 Å². The van der Waals surface area contributed by atoms with Crippen molar-refractivity contribution in [2.45, 2.75) is 12.3 Å². The van der Waals surface area contributed by atoms with Gasteiger partial charge in [0.1, 0.15) is 0 Å². The largest absolute Gasteiger partial charge is 0.306 e. The molecule has 1 aliphatic rings. The van der Waals surface area contributed by atoms with Crippen molar-refractivity contribution < 1.29 is 0 Å². The summed E-state index contributed by atoms with van der Waals surface area (Å²) in [6.45, 7) is 2.41. The van der Waals surface area contributed by atoms with Gasteiger partial charge in [-0.15, -0.1) is 0 Å². The number of hydrogen-bond donors (Lipinski definition) is 0. The van der Waals surface area contributed by atoms with E-state index < -0.39 is 0 Å². The standard InChI is InChI=1S/C10H14N2/c1-12-6-4-10(8-12)9-3-2-5-11-7-9/h2-3,5,7,10H,4,6,8H2,1H3. The topological polar surface area (TPSA) is 16.1 Å². The number of nitrogens with zero attached hydrogens (tertiary/aromatic N) is 2. The highest BCUT2D eigenvalue weighted by atomic mass is 15.1. The monoisotopic (exact) mass is 162 g/mol. The van der Waals surface area contributed by atoms with E-state index in [0.717, 1.165) is 0 Å². The minimum Gasteiger partial charge on any atom is -0.306 e. The molecule has 1 unspecified atom stereocenters. The lowest BCUT2D eigenvalue weighted by Gasteiger charge is -2.09. The second kappa shape index (κ2) is 3.23. The zero-order chi connectivity index (χ0) is 8.39. The van der Waals surface area contributed by atoms with E-state index in [4.69, 9.17) is 0 Å². The molecule has 64 valence electrons. The Labute approximate surface area is 73.2 Å². The summed E-state index contributed by atoms with van der Waals surface area (Å²) in [6.07, 6.45) is 5.11. The van der Waals surface area contributed by atoms with Crippen LogP contribution in [0.3, 0.4) is 0 Å². The minimum absolute atomic E-state index is 0.712. The van der Waals surface area contributed by atoms with Crippen LogP contribution in [0.2, 0.25) is 0 Å². The predicted molar refractivity (Wildman–Crippen MR) is 49.1 cm³/mol. The van der Waals surface area contributed by atoms with Gasteiger partial charge in [-0.1, -0.05) is 6.07 Å². The molecule has 2 rings (SSSR count). The van der Waals surface area contributed by atoms with Gasteiger partial charge in [0, 0.05) is 18.9 Å². The molecule has 1 saturated heterocycles. The van der Waals surface area contributed by atoms with Gasteiger partial charge < -0.3 is 4.90 Å². The van der Waals surface area contributed by atoms with Gasteiger partial charge in [0.15, 0.2) is 0 Å². The second-order valence-electron chi connectivity index (χ2n) is 3.53. The van der Waals surface area contributed by atoms with E-state index in [1.54, 1.807) is 0 Å².